The summed E-state index contributed by atoms with van der Waals surface area (Å²) in [5.41, 5.74) is 0.663. The molecule has 1 amide bonds. The zero-order chi connectivity index (χ0) is 14.3. The van der Waals surface area contributed by atoms with Gasteiger partial charge < -0.3 is 15.4 Å². The molecule has 0 radical (unpaired) electrons. The Hall–Kier alpha value is -1.78. The van der Waals surface area contributed by atoms with Gasteiger partial charge in [-0.25, -0.2) is 9.78 Å². The van der Waals surface area contributed by atoms with Crippen LogP contribution in [-0.4, -0.2) is 29.8 Å². The lowest BCUT2D eigenvalue weighted by atomic mass is 10.2. The Bertz CT molecular complexity index is 413. The summed E-state index contributed by atoms with van der Waals surface area (Å²) in [6, 6.07) is 3.92. The van der Waals surface area contributed by atoms with Crippen molar-refractivity contribution >= 4 is 11.9 Å². The van der Waals surface area contributed by atoms with Crippen LogP contribution in [0, 0.1) is 6.92 Å². The van der Waals surface area contributed by atoms with Gasteiger partial charge in [-0.1, -0.05) is 6.07 Å². The molecule has 0 saturated heterocycles. The van der Waals surface area contributed by atoms with Crippen LogP contribution in [0.1, 0.15) is 32.8 Å². The molecule has 1 rings (SSSR count). The molecule has 0 fully saturated rings. The van der Waals surface area contributed by atoms with Crippen molar-refractivity contribution in [3.05, 3.63) is 23.9 Å². The number of carbonyl (C=O) groups excluding carboxylic acids is 1. The molecule has 1 aromatic heterocycles. The van der Waals surface area contributed by atoms with Gasteiger partial charge in [-0.15, -0.1) is 0 Å². The van der Waals surface area contributed by atoms with Gasteiger partial charge in [0.05, 0.1) is 0 Å². The molecule has 19 heavy (non-hydrogen) atoms. The number of aromatic nitrogens is 1. The highest BCUT2D eigenvalue weighted by atomic mass is 16.6. The van der Waals surface area contributed by atoms with E-state index in [1.807, 2.05) is 39.8 Å². The van der Waals surface area contributed by atoms with Gasteiger partial charge >= 0.3 is 6.09 Å². The number of carbonyl (C=O) groups is 1. The first-order valence-electron chi connectivity index (χ1n) is 6.51. The number of rotatable bonds is 5. The Morgan fingerprint density at radius 1 is 1.37 bits per heavy atom. The highest BCUT2D eigenvalue weighted by Crippen LogP contribution is 2.08. The van der Waals surface area contributed by atoms with E-state index >= 15 is 0 Å². The molecular formula is C14H23N3O2. The molecule has 0 atom stereocenters. The van der Waals surface area contributed by atoms with E-state index in [-0.39, 0.29) is 6.09 Å². The van der Waals surface area contributed by atoms with E-state index in [4.69, 9.17) is 4.74 Å². The first-order chi connectivity index (χ1) is 8.88. The third kappa shape index (κ3) is 6.64. The van der Waals surface area contributed by atoms with Crippen molar-refractivity contribution in [2.45, 2.75) is 39.7 Å². The maximum Gasteiger partial charge on any atom is 0.407 e. The second-order valence-corrected chi connectivity index (χ2v) is 5.38. The molecule has 5 nitrogen and oxygen atoms in total. The number of aryl methyl sites for hydroxylation is 1. The zero-order valence-corrected chi connectivity index (χ0v) is 12.1. The van der Waals surface area contributed by atoms with Gasteiger partial charge in [0.15, 0.2) is 0 Å². The third-order valence-corrected chi connectivity index (χ3v) is 2.32. The lowest BCUT2D eigenvalue weighted by molar-refractivity contribution is 0.0528. The highest BCUT2D eigenvalue weighted by Gasteiger charge is 2.15. The fourth-order valence-corrected chi connectivity index (χ4v) is 1.47. The smallest absolute Gasteiger partial charge is 0.407 e. The monoisotopic (exact) mass is 265 g/mol. The van der Waals surface area contributed by atoms with Crippen LogP contribution >= 0.6 is 0 Å². The topological polar surface area (TPSA) is 63.2 Å². The van der Waals surface area contributed by atoms with Crippen LogP contribution in [0.15, 0.2) is 18.3 Å². The van der Waals surface area contributed by atoms with Gasteiger partial charge in [-0.3, -0.25) is 0 Å². The predicted molar refractivity (Wildman–Crippen MR) is 76.3 cm³/mol. The van der Waals surface area contributed by atoms with E-state index in [1.54, 1.807) is 6.20 Å². The Kier molecular flexibility index (Phi) is 5.60. The molecule has 0 aliphatic rings. The number of alkyl carbamates (subject to hydrolysis) is 1. The van der Waals surface area contributed by atoms with Crippen LogP contribution in [0.3, 0.4) is 0 Å². The van der Waals surface area contributed by atoms with Gasteiger partial charge in [0.1, 0.15) is 11.4 Å². The number of hydrogen-bond acceptors (Lipinski definition) is 4. The molecule has 0 bridgehead atoms. The van der Waals surface area contributed by atoms with Crippen molar-refractivity contribution in [3.63, 3.8) is 0 Å². The predicted octanol–water partition coefficient (Wildman–Crippen LogP) is 2.72. The summed E-state index contributed by atoms with van der Waals surface area (Å²) in [4.78, 5) is 15.6. The first kappa shape index (κ1) is 15.3. The summed E-state index contributed by atoms with van der Waals surface area (Å²) in [6.45, 7) is 8.88. The van der Waals surface area contributed by atoms with Gasteiger partial charge in [-0.2, -0.15) is 0 Å². The highest BCUT2D eigenvalue weighted by molar-refractivity contribution is 5.67. The quantitative estimate of drug-likeness (QED) is 0.803. The number of nitrogens with zero attached hydrogens (tertiary/aromatic N) is 1. The third-order valence-electron chi connectivity index (χ3n) is 2.32. The van der Waals surface area contributed by atoms with Crippen LogP contribution < -0.4 is 10.6 Å². The molecule has 106 valence electrons. The maximum atomic E-state index is 11.4. The van der Waals surface area contributed by atoms with Gasteiger partial charge in [0, 0.05) is 19.3 Å². The molecule has 1 aromatic rings. The van der Waals surface area contributed by atoms with Crippen LogP contribution in [0.2, 0.25) is 0 Å². The van der Waals surface area contributed by atoms with Crippen LogP contribution in [-0.2, 0) is 4.74 Å². The van der Waals surface area contributed by atoms with Crippen molar-refractivity contribution in [3.8, 4) is 0 Å². The van der Waals surface area contributed by atoms with Crippen molar-refractivity contribution in [2.75, 3.05) is 18.4 Å². The van der Waals surface area contributed by atoms with Crippen LogP contribution in [0.25, 0.3) is 0 Å². The van der Waals surface area contributed by atoms with Crippen molar-refractivity contribution in [1.82, 2.24) is 10.3 Å². The van der Waals surface area contributed by atoms with E-state index in [1.165, 1.54) is 0 Å². The summed E-state index contributed by atoms with van der Waals surface area (Å²) in [5, 5.41) is 5.95. The molecule has 5 heteroatoms. The second kappa shape index (κ2) is 6.97. The van der Waals surface area contributed by atoms with E-state index in [2.05, 4.69) is 15.6 Å². The average Bonchev–Trinajstić information content (AvgIpc) is 2.28. The molecule has 2 N–H and O–H groups in total. The standard InChI is InChI=1S/C14H23N3O2/c1-11-7-5-8-15-12(11)16-9-6-10-17-13(18)19-14(2,3)4/h5,7-8H,6,9-10H2,1-4H3,(H,15,16)(H,17,18). The minimum atomic E-state index is -0.451. The van der Waals surface area contributed by atoms with Crippen molar-refractivity contribution in [2.24, 2.45) is 0 Å². The van der Waals surface area contributed by atoms with E-state index in [0.29, 0.717) is 6.54 Å². The fourth-order valence-electron chi connectivity index (χ4n) is 1.47. The Morgan fingerprint density at radius 3 is 2.74 bits per heavy atom. The Morgan fingerprint density at radius 2 is 2.11 bits per heavy atom. The summed E-state index contributed by atoms with van der Waals surface area (Å²) in [6.07, 6.45) is 2.20. The molecule has 1 heterocycles. The van der Waals surface area contributed by atoms with Crippen molar-refractivity contribution < 1.29 is 9.53 Å². The van der Waals surface area contributed by atoms with Crippen LogP contribution in [0.5, 0.6) is 0 Å². The first-order valence-corrected chi connectivity index (χ1v) is 6.51. The minimum absolute atomic E-state index is 0.374. The van der Waals surface area contributed by atoms with Gasteiger partial charge in [-0.05, 0) is 45.7 Å². The SMILES string of the molecule is Cc1cccnc1NCCCNC(=O)OC(C)(C)C. The zero-order valence-electron chi connectivity index (χ0n) is 12.1. The molecule has 0 unspecified atom stereocenters. The summed E-state index contributed by atoms with van der Waals surface area (Å²) in [5.74, 6) is 0.889. The number of amides is 1. The number of ether oxygens (including phenoxy) is 1. The summed E-state index contributed by atoms with van der Waals surface area (Å²) < 4.78 is 5.14. The Labute approximate surface area is 114 Å². The summed E-state index contributed by atoms with van der Waals surface area (Å²) >= 11 is 0. The lowest BCUT2D eigenvalue weighted by Gasteiger charge is -2.19. The molecule has 0 aromatic carbocycles. The van der Waals surface area contributed by atoms with Gasteiger partial charge in [0.2, 0.25) is 0 Å². The fraction of sp³-hybridized carbons (Fsp3) is 0.571. The Balaban J connectivity index is 2.15. The van der Waals surface area contributed by atoms with Gasteiger partial charge in [0.25, 0.3) is 0 Å². The average molecular weight is 265 g/mol. The largest absolute Gasteiger partial charge is 0.444 e. The molecular weight excluding hydrogens is 242 g/mol. The maximum absolute atomic E-state index is 11.4. The second-order valence-electron chi connectivity index (χ2n) is 5.38. The molecule has 0 aliphatic heterocycles. The number of hydrogen-bond donors (Lipinski definition) is 2. The van der Waals surface area contributed by atoms with E-state index in [0.717, 1.165) is 24.3 Å². The summed E-state index contributed by atoms with van der Waals surface area (Å²) in [7, 11) is 0. The van der Waals surface area contributed by atoms with E-state index < -0.39 is 5.60 Å². The molecule has 0 spiro atoms. The lowest BCUT2D eigenvalue weighted by Crippen LogP contribution is -2.33. The van der Waals surface area contributed by atoms with E-state index in [9.17, 15) is 4.79 Å². The molecule has 0 aliphatic carbocycles. The number of nitrogens with one attached hydrogen (secondary N) is 2. The van der Waals surface area contributed by atoms with Crippen LogP contribution in [0.4, 0.5) is 10.6 Å². The minimum Gasteiger partial charge on any atom is -0.444 e. The number of anilines is 1. The van der Waals surface area contributed by atoms with Crippen molar-refractivity contribution in [1.29, 1.82) is 0 Å². The molecule has 0 saturated carbocycles. The number of pyridine rings is 1. The normalized spacial score (nSPS) is 10.9.